The Balaban J connectivity index is 1.38. The molecule has 0 aliphatic heterocycles. The first-order chi connectivity index (χ1) is 12.3. The smallest absolute Gasteiger partial charge is 0.243 e. The minimum atomic E-state index is -0.0112. The quantitative estimate of drug-likeness (QED) is 0.563. The van der Waals surface area contributed by atoms with E-state index in [4.69, 9.17) is 0 Å². The third-order valence-electron chi connectivity index (χ3n) is 4.54. The van der Waals surface area contributed by atoms with Crippen LogP contribution in [0.15, 0.2) is 84.1 Å². The molecule has 0 saturated heterocycles. The number of benzene rings is 2. The van der Waals surface area contributed by atoms with E-state index >= 15 is 0 Å². The van der Waals surface area contributed by atoms with Crippen molar-refractivity contribution in [3.63, 3.8) is 0 Å². The topological polar surface area (TPSA) is 46.4 Å². The maximum atomic E-state index is 12.2. The van der Waals surface area contributed by atoms with E-state index in [-0.39, 0.29) is 11.8 Å². The monoisotopic (exact) mass is 329 g/mol. The summed E-state index contributed by atoms with van der Waals surface area (Å²) in [5.41, 5.74) is 5.89. The van der Waals surface area contributed by atoms with Crippen LogP contribution in [0.3, 0.4) is 0 Å². The van der Waals surface area contributed by atoms with Gasteiger partial charge in [0, 0.05) is 17.8 Å². The molecule has 1 aliphatic carbocycles. The first-order valence-corrected chi connectivity index (χ1v) is 8.43. The van der Waals surface area contributed by atoms with E-state index in [1.807, 2.05) is 71.4 Å². The standard InChI is InChI=1S/C21H19N3O/c25-21(20-14-19(20)16-8-3-1-4-9-16)23-22-15-18-12-7-13-24(18)17-10-5-2-6-11-17/h1-13,15,19-20H,14H2,(H,23,25). The third-order valence-corrected chi connectivity index (χ3v) is 4.54. The molecule has 25 heavy (non-hydrogen) atoms. The molecule has 4 rings (SSSR count). The molecular formula is C21H19N3O. The average Bonchev–Trinajstić information content (AvgIpc) is 3.34. The number of carbonyl (C=O) groups is 1. The Kier molecular flexibility index (Phi) is 4.17. The molecule has 0 bridgehead atoms. The van der Waals surface area contributed by atoms with E-state index in [0.29, 0.717) is 5.92 Å². The molecule has 2 atom stereocenters. The number of nitrogens with zero attached hydrogens (tertiary/aromatic N) is 2. The highest BCUT2D eigenvalue weighted by Gasteiger charge is 2.43. The fraction of sp³-hybridized carbons (Fsp3) is 0.143. The normalized spacial score (nSPS) is 19.0. The third kappa shape index (κ3) is 3.38. The largest absolute Gasteiger partial charge is 0.316 e. The number of amides is 1. The van der Waals surface area contributed by atoms with Gasteiger partial charge in [-0.1, -0.05) is 48.5 Å². The number of hydrogen-bond acceptors (Lipinski definition) is 2. The maximum Gasteiger partial charge on any atom is 0.243 e. The lowest BCUT2D eigenvalue weighted by Gasteiger charge is -2.05. The molecule has 1 saturated carbocycles. The lowest BCUT2D eigenvalue weighted by atomic mass is 10.1. The molecule has 1 fully saturated rings. The van der Waals surface area contributed by atoms with Crippen LogP contribution in [0.1, 0.15) is 23.6 Å². The number of hydrogen-bond donors (Lipinski definition) is 1. The Labute approximate surface area is 146 Å². The molecule has 124 valence electrons. The highest BCUT2D eigenvalue weighted by Crippen LogP contribution is 2.47. The number of hydrazone groups is 1. The van der Waals surface area contributed by atoms with Gasteiger partial charge in [-0.05, 0) is 42.2 Å². The summed E-state index contributed by atoms with van der Waals surface area (Å²) in [6.45, 7) is 0. The molecule has 4 nitrogen and oxygen atoms in total. The van der Waals surface area contributed by atoms with Crippen molar-refractivity contribution in [3.8, 4) is 5.69 Å². The molecule has 1 aliphatic rings. The summed E-state index contributed by atoms with van der Waals surface area (Å²) in [5, 5.41) is 4.14. The van der Waals surface area contributed by atoms with Crippen molar-refractivity contribution >= 4 is 12.1 Å². The summed E-state index contributed by atoms with van der Waals surface area (Å²) >= 11 is 0. The first kappa shape index (κ1) is 15.4. The summed E-state index contributed by atoms with van der Waals surface area (Å²) in [7, 11) is 0. The van der Waals surface area contributed by atoms with Crippen molar-refractivity contribution in [2.24, 2.45) is 11.0 Å². The van der Waals surface area contributed by atoms with E-state index in [1.54, 1.807) is 6.21 Å². The van der Waals surface area contributed by atoms with Crippen molar-refractivity contribution in [1.82, 2.24) is 9.99 Å². The maximum absolute atomic E-state index is 12.2. The Morgan fingerprint density at radius 1 is 1.00 bits per heavy atom. The Morgan fingerprint density at radius 2 is 1.72 bits per heavy atom. The van der Waals surface area contributed by atoms with Gasteiger partial charge in [-0.15, -0.1) is 0 Å². The van der Waals surface area contributed by atoms with Crippen molar-refractivity contribution in [2.75, 3.05) is 0 Å². The minimum absolute atomic E-state index is 0.0112. The van der Waals surface area contributed by atoms with Crippen molar-refractivity contribution in [1.29, 1.82) is 0 Å². The zero-order chi connectivity index (χ0) is 17.1. The number of aromatic nitrogens is 1. The molecule has 2 aromatic carbocycles. The van der Waals surface area contributed by atoms with Gasteiger partial charge in [0.15, 0.2) is 0 Å². The summed E-state index contributed by atoms with van der Waals surface area (Å²) in [6.07, 6.45) is 4.56. The second-order valence-corrected chi connectivity index (χ2v) is 6.23. The van der Waals surface area contributed by atoms with Gasteiger partial charge < -0.3 is 4.57 Å². The second-order valence-electron chi connectivity index (χ2n) is 6.23. The Bertz CT molecular complexity index is 884. The fourth-order valence-electron chi connectivity index (χ4n) is 3.12. The van der Waals surface area contributed by atoms with Crippen LogP contribution in [0.25, 0.3) is 5.69 Å². The summed E-state index contributed by atoms with van der Waals surface area (Å²) in [4.78, 5) is 12.2. The van der Waals surface area contributed by atoms with Gasteiger partial charge in [-0.3, -0.25) is 4.79 Å². The second kappa shape index (κ2) is 6.77. The van der Waals surface area contributed by atoms with Crippen molar-refractivity contribution in [3.05, 3.63) is 90.3 Å². The Morgan fingerprint density at radius 3 is 2.48 bits per heavy atom. The van der Waals surface area contributed by atoms with E-state index in [9.17, 15) is 4.79 Å². The van der Waals surface area contributed by atoms with Crippen LogP contribution in [-0.4, -0.2) is 16.7 Å². The summed E-state index contributed by atoms with van der Waals surface area (Å²) < 4.78 is 2.03. The van der Waals surface area contributed by atoms with Crippen LogP contribution in [-0.2, 0) is 4.79 Å². The van der Waals surface area contributed by atoms with Crippen LogP contribution >= 0.6 is 0 Å². The van der Waals surface area contributed by atoms with Gasteiger partial charge in [-0.2, -0.15) is 5.10 Å². The van der Waals surface area contributed by atoms with Crippen LogP contribution in [0.4, 0.5) is 0 Å². The molecule has 4 heteroatoms. The first-order valence-electron chi connectivity index (χ1n) is 8.43. The van der Waals surface area contributed by atoms with Crippen molar-refractivity contribution in [2.45, 2.75) is 12.3 Å². The number of para-hydroxylation sites is 1. The molecule has 0 radical (unpaired) electrons. The van der Waals surface area contributed by atoms with Crippen LogP contribution < -0.4 is 5.43 Å². The molecule has 1 amide bonds. The van der Waals surface area contributed by atoms with E-state index < -0.39 is 0 Å². The summed E-state index contributed by atoms with van der Waals surface area (Å²) in [5.74, 6) is 0.341. The minimum Gasteiger partial charge on any atom is -0.316 e. The molecule has 2 unspecified atom stereocenters. The number of rotatable bonds is 5. The van der Waals surface area contributed by atoms with Gasteiger partial charge in [0.25, 0.3) is 0 Å². The Hall–Kier alpha value is -3.14. The molecule has 1 aromatic heterocycles. The van der Waals surface area contributed by atoms with Gasteiger partial charge in [0.1, 0.15) is 0 Å². The van der Waals surface area contributed by atoms with Gasteiger partial charge in [0.2, 0.25) is 5.91 Å². The molecule has 1 heterocycles. The average molecular weight is 329 g/mol. The molecule has 1 N–H and O–H groups in total. The van der Waals surface area contributed by atoms with Crippen LogP contribution in [0.5, 0.6) is 0 Å². The van der Waals surface area contributed by atoms with Crippen molar-refractivity contribution < 1.29 is 4.79 Å². The number of nitrogens with one attached hydrogen (secondary N) is 1. The predicted molar refractivity (Wildman–Crippen MR) is 98.8 cm³/mol. The number of carbonyl (C=O) groups excluding carboxylic acids is 1. The zero-order valence-electron chi connectivity index (χ0n) is 13.7. The molecule has 3 aromatic rings. The lowest BCUT2D eigenvalue weighted by Crippen LogP contribution is -2.20. The van der Waals surface area contributed by atoms with E-state index in [1.165, 1.54) is 5.56 Å². The highest BCUT2D eigenvalue weighted by molar-refractivity contribution is 5.85. The lowest BCUT2D eigenvalue weighted by molar-refractivity contribution is -0.122. The van der Waals surface area contributed by atoms with E-state index in [2.05, 4.69) is 22.7 Å². The SMILES string of the molecule is O=C(NN=Cc1cccn1-c1ccccc1)C1CC1c1ccccc1. The van der Waals surface area contributed by atoms with Gasteiger partial charge in [0.05, 0.1) is 11.9 Å². The van der Waals surface area contributed by atoms with Crippen LogP contribution in [0, 0.1) is 5.92 Å². The predicted octanol–water partition coefficient (Wildman–Crippen LogP) is 3.73. The molecular weight excluding hydrogens is 310 g/mol. The summed E-state index contributed by atoms with van der Waals surface area (Å²) in [6, 6.07) is 24.1. The van der Waals surface area contributed by atoms with Gasteiger partial charge in [-0.25, -0.2) is 5.43 Å². The van der Waals surface area contributed by atoms with Crippen LogP contribution in [0.2, 0.25) is 0 Å². The highest BCUT2D eigenvalue weighted by atomic mass is 16.2. The molecule has 0 spiro atoms. The zero-order valence-corrected chi connectivity index (χ0v) is 13.7. The fourth-order valence-corrected chi connectivity index (χ4v) is 3.12. The van der Waals surface area contributed by atoms with E-state index in [0.717, 1.165) is 17.8 Å². The van der Waals surface area contributed by atoms with Gasteiger partial charge >= 0.3 is 0 Å².